The molecule has 0 bridgehead atoms. The van der Waals surface area contributed by atoms with Crippen molar-refractivity contribution in [3.8, 4) is 11.1 Å². The summed E-state index contributed by atoms with van der Waals surface area (Å²) < 4.78 is 4.94. The van der Waals surface area contributed by atoms with Crippen molar-refractivity contribution in [2.24, 2.45) is 0 Å². The van der Waals surface area contributed by atoms with Gasteiger partial charge in [-0.2, -0.15) is 0 Å². The smallest absolute Gasteiger partial charge is 0.165 e. The van der Waals surface area contributed by atoms with Gasteiger partial charge in [-0.05, 0) is 58.3 Å². The second-order valence-corrected chi connectivity index (χ2v) is 11.7. The first-order chi connectivity index (χ1) is 19.8. The maximum absolute atomic E-state index is 5.22. The van der Waals surface area contributed by atoms with Crippen LogP contribution in [0.1, 0.15) is 0 Å². The maximum Gasteiger partial charge on any atom is 0.165 e. The highest BCUT2D eigenvalue weighted by atomic mass is 32.1. The minimum atomic E-state index is 0.920. The van der Waals surface area contributed by atoms with Crippen LogP contribution in [0.2, 0.25) is 0 Å². The average Bonchev–Trinajstić information content (AvgIpc) is 3.65. The van der Waals surface area contributed by atoms with Gasteiger partial charge in [-0.15, -0.1) is 11.3 Å². The number of rotatable bonds is 1. The minimum absolute atomic E-state index is 0.920. The minimum Gasteiger partial charge on any atom is -0.291 e. The highest BCUT2D eigenvalue weighted by Crippen LogP contribution is 2.47. The van der Waals surface area contributed by atoms with Crippen molar-refractivity contribution < 1.29 is 0 Å². The van der Waals surface area contributed by atoms with Gasteiger partial charge in [0.15, 0.2) is 5.65 Å². The molecular weight excluding hydrogens is 506 g/mol. The Kier molecular flexibility index (Phi) is 3.81. The van der Waals surface area contributed by atoms with E-state index in [9.17, 15) is 0 Å². The molecule has 0 aliphatic heterocycles. The standard InChI is InChI=1S/C36H19N3S/c1-2-10-22-20(8-1)9-7-12-23(22)21-16-17-30-25(18-21)26-19-27-24-11-3-6-15-31(24)40-35(27)32-33-36(39(30)34(26)32)38-29-14-5-4-13-28(29)37-33/h1-19H. The van der Waals surface area contributed by atoms with Crippen molar-refractivity contribution in [3.05, 3.63) is 115 Å². The zero-order valence-electron chi connectivity index (χ0n) is 21.2. The molecule has 0 spiro atoms. The van der Waals surface area contributed by atoms with Crippen molar-refractivity contribution in [2.45, 2.75) is 0 Å². The molecule has 4 heterocycles. The largest absolute Gasteiger partial charge is 0.291 e. The van der Waals surface area contributed by atoms with Crippen LogP contribution >= 0.6 is 11.3 Å². The molecule has 0 fully saturated rings. The molecule has 184 valence electrons. The molecule has 6 aromatic carbocycles. The highest BCUT2D eigenvalue weighted by Gasteiger charge is 2.24. The van der Waals surface area contributed by atoms with E-state index in [1.165, 1.54) is 69.3 Å². The fourth-order valence-corrected chi connectivity index (χ4v) is 7.98. The van der Waals surface area contributed by atoms with E-state index in [0.29, 0.717) is 0 Å². The highest BCUT2D eigenvalue weighted by molar-refractivity contribution is 7.26. The Labute approximate surface area is 231 Å². The van der Waals surface area contributed by atoms with Gasteiger partial charge in [-0.1, -0.05) is 78.9 Å². The van der Waals surface area contributed by atoms with Crippen LogP contribution in [0.25, 0.3) is 91.5 Å². The number of hydrogen-bond acceptors (Lipinski definition) is 3. The lowest BCUT2D eigenvalue weighted by Gasteiger charge is -2.08. The summed E-state index contributed by atoms with van der Waals surface area (Å²) in [4.78, 5) is 10.4. The SMILES string of the molecule is c1ccc2c(-c3ccc4c(c3)c3cc5c6ccccc6sc5c5c6nc7ccccc7nc6n4c35)cccc2c1. The van der Waals surface area contributed by atoms with Crippen LogP contribution in [0, 0.1) is 0 Å². The van der Waals surface area contributed by atoms with Crippen molar-refractivity contribution in [1.29, 1.82) is 0 Å². The van der Waals surface area contributed by atoms with Crippen LogP contribution in [-0.2, 0) is 0 Å². The lowest BCUT2D eigenvalue weighted by atomic mass is 9.96. The predicted octanol–water partition coefficient (Wildman–Crippen LogP) is 9.97. The van der Waals surface area contributed by atoms with Gasteiger partial charge in [0.25, 0.3) is 0 Å². The van der Waals surface area contributed by atoms with Gasteiger partial charge in [0.1, 0.15) is 5.52 Å². The van der Waals surface area contributed by atoms with Gasteiger partial charge in [0.05, 0.1) is 22.1 Å². The van der Waals surface area contributed by atoms with Crippen LogP contribution in [0.4, 0.5) is 0 Å². The van der Waals surface area contributed by atoms with E-state index in [1.54, 1.807) is 0 Å². The second-order valence-electron chi connectivity index (χ2n) is 10.6. The number of para-hydroxylation sites is 2. The first-order valence-electron chi connectivity index (χ1n) is 13.5. The molecule has 0 aliphatic rings. The quantitative estimate of drug-likeness (QED) is 0.213. The third-order valence-electron chi connectivity index (χ3n) is 8.49. The molecule has 0 saturated heterocycles. The van der Waals surface area contributed by atoms with E-state index in [2.05, 4.69) is 108 Å². The average molecular weight is 526 g/mol. The Morgan fingerprint density at radius 2 is 1.35 bits per heavy atom. The molecule has 0 saturated carbocycles. The van der Waals surface area contributed by atoms with Gasteiger partial charge < -0.3 is 0 Å². The summed E-state index contributed by atoms with van der Waals surface area (Å²) in [5.74, 6) is 0. The summed E-state index contributed by atoms with van der Waals surface area (Å²) in [5.41, 5.74) is 8.63. The van der Waals surface area contributed by atoms with Gasteiger partial charge in [-0.25, -0.2) is 9.97 Å². The first-order valence-corrected chi connectivity index (χ1v) is 14.3. The van der Waals surface area contributed by atoms with Gasteiger partial charge in [0.2, 0.25) is 0 Å². The molecule has 0 amide bonds. The zero-order chi connectivity index (χ0) is 25.9. The Morgan fingerprint density at radius 3 is 2.27 bits per heavy atom. The lowest BCUT2D eigenvalue weighted by Crippen LogP contribution is -1.89. The Bertz CT molecular complexity index is 2650. The van der Waals surface area contributed by atoms with Gasteiger partial charge in [-0.3, -0.25) is 4.40 Å². The number of hydrogen-bond donors (Lipinski definition) is 0. The zero-order valence-corrected chi connectivity index (χ0v) is 22.0. The summed E-state index contributed by atoms with van der Waals surface area (Å²) in [6.45, 7) is 0. The van der Waals surface area contributed by atoms with Gasteiger partial charge in [0, 0.05) is 36.3 Å². The molecule has 0 atom stereocenters. The van der Waals surface area contributed by atoms with E-state index < -0.39 is 0 Å². The molecule has 10 aromatic rings. The molecule has 0 N–H and O–H groups in total. The predicted molar refractivity (Wildman–Crippen MR) is 170 cm³/mol. The number of aromatic nitrogens is 3. The van der Waals surface area contributed by atoms with Crippen molar-refractivity contribution in [2.75, 3.05) is 0 Å². The molecular formula is C36H19N3S. The van der Waals surface area contributed by atoms with Crippen molar-refractivity contribution in [3.63, 3.8) is 0 Å². The van der Waals surface area contributed by atoms with E-state index in [0.717, 1.165) is 22.2 Å². The Hall–Kier alpha value is -5.06. The van der Waals surface area contributed by atoms with Crippen LogP contribution < -0.4 is 0 Å². The summed E-state index contributed by atoms with van der Waals surface area (Å²) in [5, 5.41) is 8.84. The molecule has 0 aliphatic carbocycles. The molecule has 40 heavy (non-hydrogen) atoms. The van der Waals surface area contributed by atoms with E-state index in [4.69, 9.17) is 9.97 Å². The van der Waals surface area contributed by atoms with Crippen LogP contribution in [-0.4, -0.2) is 14.4 Å². The van der Waals surface area contributed by atoms with Crippen LogP contribution in [0.3, 0.4) is 0 Å². The lowest BCUT2D eigenvalue weighted by molar-refractivity contribution is 1.28. The Morgan fingerprint density at radius 1 is 0.575 bits per heavy atom. The molecule has 0 unspecified atom stereocenters. The van der Waals surface area contributed by atoms with Crippen LogP contribution in [0.5, 0.6) is 0 Å². The Balaban J connectivity index is 1.43. The molecule has 4 aromatic heterocycles. The topological polar surface area (TPSA) is 30.2 Å². The number of benzene rings is 6. The van der Waals surface area contributed by atoms with E-state index in [1.807, 2.05) is 23.5 Å². The fourth-order valence-electron chi connectivity index (χ4n) is 6.75. The fraction of sp³-hybridized carbons (Fsp3) is 0. The summed E-state index contributed by atoms with van der Waals surface area (Å²) in [7, 11) is 0. The molecule has 0 radical (unpaired) electrons. The summed E-state index contributed by atoms with van der Waals surface area (Å²) in [6, 6.07) is 41.5. The summed E-state index contributed by atoms with van der Waals surface area (Å²) >= 11 is 1.86. The third kappa shape index (κ3) is 2.54. The molecule has 3 nitrogen and oxygen atoms in total. The maximum atomic E-state index is 5.22. The number of thiophene rings is 1. The van der Waals surface area contributed by atoms with Crippen molar-refractivity contribution >= 4 is 91.7 Å². The number of nitrogens with zero attached hydrogens (tertiary/aromatic N) is 3. The van der Waals surface area contributed by atoms with Crippen LogP contribution in [0.15, 0.2) is 115 Å². The van der Waals surface area contributed by atoms with E-state index in [-0.39, 0.29) is 0 Å². The summed E-state index contributed by atoms with van der Waals surface area (Å²) in [6.07, 6.45) is 0. The van der Waals surface area contributed by atoms with Gasteiger partial charge >= 0.3 is 0 Å². The normalized spacial score (nSPS) is 12.5. The molecule has 4 heteroatoms. The van der Waals surface area contributed by atoms with Crippen molar-refractivity contribution in [1.82, 2.24) is 14.4 Å². The van der Waals surface area contributed by atoms with E-state index >= 15 is 0 Å². The monoisotopic (exact) mass is 525 g/mol. The second kappa shape index (κ2) is 7.32. The first kappa shape index (κ1) is 20.8. The number of fused-ring (bicyclic) bond motifs is 12. The third-order valence-corrected chi connectivity index (χ3v) is 9.70. The molecule has 10 rings (SSSR count).